The Hall–Kier alpha value is -4.53. The number of carbonyl (C=O) groups excluding carboxylic acids is 3. The Morgan fingerprint density at radius 2 is 1.65 bits per heavy atom. The Bertz CT molecular complexity index is 1280. The Kier molecular flexibility index (Phi) is 6.35. The molecule has 0 spiro atoms. The van der Waals surface area contributed by atoms with E-state index in [1.807, 2.05) is 18.2 Å². The number of hydrogen-bond acceptors (Lipinski definition) is 5. The number of hydrazone groups is 1. The van der Waals surface area contributed by atoms with Crippen molar-refractivity contribution in [1.82, 2.24) is 0 Å². The van der Waals surface area contributed by atoms with Crippen LogP contribution < -0.4 is 21.4 Å². The lowest BCUT2D eigenvalue weighted by molar-refractivity contribution is -0.119. The number of halogens is 1. The molecule has 3 aromatic rings. The average molecular weight is 459 g/mol. The number of para-hydroxylation sites is 1. The number of rotatable bonds is 6. The van der Waals surface area contributed by atoms with E-state index in [0.717, 1.165) is 0 Å². The number of anilines is 3. The second kappa shape index (κ2) is 9.53. The van der Waals surface area contributed by atoms with Crippen LogP contribution in [0, 0.1) is 12.7 Å². The van der Waals surface area contributed by atoms with Crippen LogP contribution >= 0.6 is 0 Å². The largest absolute Gasteiger partial charge is 0.368 e. The third-order valence-corrected chi connectivity index (χ3v) is 5.45. The van der Waals surface area contributed by atoms with Crippen LogP contribution in [0.2, 0.25) is 0 Å². The summed E-state index contributed by atoms with van der Waals surface area (Å²) in [7, 11) is 0. The minimum atomic E-state index is -0.879. The lowest BCUT2D eigenvalue weighted by atomic mass is 10.0. The molecule has 0 saturated carbocycles. The maximum Gasteiger partial charge on any atom is 0.271 e. The summed E-state index contributed by atoms with van der Waals surface area (Å²) in [5, 5.41) is 11.2. The van der Waals surface area contributed by atoms with Gasteiger partial charge in [0.2, 0.25) is 5.91 Å². The SMILES string of the molecule is Cc1c(NC(=O)C2=NN(c3ccc(F)cc3)C(C(N)=O)C2)cccc1C(=O)Nc1ccccc1. The number of nitrogens with zero attached hydrogens (tertiary/aromatic N) is 2. The molecular formula is C25H22FN5O3. The number of carbonyl (C=O) groups is 3. The number of hydrogen-bond donors (Lipinski definition) is 3. The van der Waals surface area contributed by atoms with Gasteiger partial charge in [-0.25, -0.2) is 4.39 Å². The molecule has 0 saturated heterocycles. The zero-order valence-electron chi connectivity index (χ0n) is 18.3. The van der Waals surface area contributed by atoms with Gasteiger partial charge in [0, 0.05) is 23.4 Å². The van der Waals surface area contributed by atoms with Gasteiger partial charge >= 0.3 is 0 Å². The first-order valence-electron chi connectivity index (χ1n) is 10.5. The van der Waals surface area contributed by atoms with Crippen molar-refractivity contribution in [2.75, 3.05) is 15.6 Å². The molecule has 1 heterocycles. The van der Waals surface area contributed by atoms with Crippen molar-refractivity contribution in [1.29, 1.82) is 0 Å². The highest BCUT2D eigenvalue weighted by Crippen LogP contribution is 2.26. The van der Waals surface area contributed by atoms with Crippen molar-refractivity contribution in [3.05, 3.63) is 89.7 Å². The van der Waals surface area contributed by atoms with E-state index in [1.54, 1.807) is 37.3 Å². The number of nitrogens with one attached hydrogen (secondary N) is 2. The fourth-order valence-electron chi connectivity index (χ4n) is 3.63. The fourth-order valence-corrected chi connectivity index (χ4v) is 3.63. The first-order valence-corrected chi connectivity index (χ1v) is 10.5. The molecule has 0 radical (unpaired) electrons. The van der Waals surface area contributed by atoms with Crippen molar-refractivity contribution in [3.63, 3.8) is 0 Å². The van der Waals surface area contributed by atoms with E-state index in [9.17, 15) is 18.8 Å². The zero-order valence-corrected chi connectivity index (χ0v) is 18.3. The molecule has 3 aromatic carbocycles. The van der Waals surface area contributed by atoms with Crippen LogP contribution in [0.5, 0.6) is 0 Å². The van der Waals surface area contributed by atoms with E-state index in [1.165, 1.54) is 29.3 Å². The summed E-state index contributed by atoms with van der Waals surface area (Å²) >= 11 is 0. The summed E-state index contributed by atoms with van der Waals surface area (Å²) in [4.78, 5) is 37.7. The highest BCUT2D eigenvalue weighted by atomic mass is 19.1. The molecular weight excluding hydrogens is 437 g/mol. The van der Waals surface area contributed by atoms with Gasteiger partial charge in [-0.05, 0) is 61.0 Å². The molecule has 172 valence electrons. The number of primary amides is 1. The first kappa shape index (κ1) is 22.7. The molecule has 4 N–H and O–H groups in total. The topological polar surface area (TPSA) is 117 Å². The monoisotopic (exact) mass is 459 g/mol. The van der Waals surface area contributed by atoms with Gasteiger partial charge in [0.05, 0.1) is 5.69 Å². The Labute approximate surface area is 195 Å². The van der Waals surface area contributed by atoms with E-state index in [0.29, 0.717) is 28.2 Å². The number of amides is 3. The Balaban J connectivity index is 1.53. The van der Waals surface area contributed by atoms with Crippen LogP contribution in [0.3, 0.4) is 0 Å². The maximum absolute atomic E-state index is 13.3. The third kappa shape index (κ3) is 4.78. The summed E-state index contributed by atoms with van der Waals surface area (Å²) in [5.41, 5.74) is 8.09. The maximum atomic E-state index is 13.3. The van der Waals surface area contributed by atoms with E-state index >= 15 is 0 Å². The summed E-state index contributed by atoms with van der Waals surface area (Å²) < 4.78 is 13.3. The van der Waals surface area contributed by atoms with E-state index in [-0.39, 0.29) is 18.0 Å². The van der Waals surface area contributed by atoms with Crippen LogP contribution in [0.25, 0.3) is 0 Å². The average Bonchev–Trinajstić information content (AvgIpc) is 3.27. The normalized spacial score (nSPS) is 14.9. The summed E-state index contributed by atoms with van der Waals surface area (Å²) in [6.45, 7) is 1.73. The lowest BCUT2D eigenvalue weighted by Gasteiger charge is -2.20. The van der Waals surface area contributed by atoms with Crippen molar-refractivity contribution in [2.45, 2.75) is 19.4 Å². The van der Waals surface area contributed by atoms with Gasteiger partial charge in [0.1, 0.15) is 17.6 Å². The van der Waals surface area contributed by atoms with Crippen LogP contribution in [0.4, 0.5) is 21.5 Å². The van der Waals surface area contributed by atoms with Crippen LogP contribution in [-0.2, 0) is 9.59 Å². The van der Waals surface area contributed by atoms with Gasteiger partial charge in [0.25, 0.3) is 11.8 Å². The second-order valence-corrected chi connectivity index (χ2v) is 7.74. The molecule has 1 aliphatic rings. The molecule has 0 aliphatic carbocycles. The predicted molar refractivity (Wildman–Crippen MR) is 128 cm³/mol. The second-order valence-electron chi connectivity index (χ2n) is 7.74. The van der Waals surface area contributed by atoms with Crippen molar-refractivity contribution < 1.29 is 18.8 Å². The molecule has 8 nitrogen and oxygen atoms in total. The van der Waals surface area contributed by atoms with Crippen LogP contribution in [0.15, 0.2) is 77.9 Å². The molecule has 9 heteroatoms. The van der Waals surface area contributed by atoms with E-state index in [4.69, 9.17) is 5.73 Å². The standard InChI is InChI=1S/C25H22FN5O3/c1-15-19(24(33)28-17-6-3-2-4-7-17)8-5-9-20(15)29-25(34)21-14-22(23(27)32)31(30-21)18-12-10-16(26)11-13-18/h2-13,22H,14H2,1H3,(H2,27,32)(H,28,33)(H,29,34). The van der Waals surface area contributed by atoms with Crippen LogP contribution in [0.1, 0.15) is 22.3 Å². The molecule has 0 aromatic heterocycles. The summed E-state index contributed by atoms with van der Waals surface area (Å²) in [5.74, 6) is -1.94. The molecule has 1 aliphatic heterocycles. The van der Waals surface area contributed by atoms with Crippen molar-refractivity contribution in [2.24, 2.45) is 10.8 Å². The molecule has 1 atom stereocenters. The van der Waals surface area contributed by atoms with Crippen molar-refractivity contribution in [3.8, 4) is 0 Å². The lowest BCUT2D eigenvalue weighted by Crippen LogP contribution is -2.39. The minimum Gasteiger partial charge on any atom is -0.368 e. The van der Waals surface area contributed by atoms with Gasteiger partial charge < -0.3 is 16.4 Å². The fraction of sp³-hybridized carbons (Fsp3) is 0.120. The van der Waals surface area contributed by atoms with E-state index < -0.39 is 23.7 Å². The Morgan fingerprint density at radius 1 is 0.941 bits per heavy atom. The summed E-state index contributed by atoms with van der Waals surface area (Å²) in [6, 6.07) is 18.5. The Morgan fingerprint density at radius 3 is 2.32 bits per heavy atom. The van der Waals surface area contributed by atoms with Gasteiger partial charge in [-0.2, -0.15) is 5.10 Å². The van der Waals surface area contributed by atoms with Crippen molar-refractivity contribution >= 4 is 40.5 Å². The molecule has 4 rings (SSSR count). The molecule has 34 heavy (non-hydrogen) atoms. The molecule has 3 amide bonds. The number of nitrogens with two attached hydrogens (primary N) is 1. The quantitative estimate of drug-likeness (QED) is 0.523. The first-order chi connectivity index (χ1) is 16.3. The predicted octanol–water partition coefficient (Wildman–Crippen LogP) is 3.45. The van der Waals surface area contributed by atoms with Gasteiger partial charge in [-0.3, -0.25) is 19.4 Å². The highest BCUT2D eigenvalue weighted by Gasteiger charge is 2.35. The smallest absolute Gasteiger partial charge is 0.271 e. The van der Waals surface area contributed by atoms with Gasteiger partial charge in [0.15, 0.2) is 0 Å². The molecule has 0 bridgehead atoms. The minimum absolute atomic E-state index is 0.00816. The van der Waals surface area contributed by atoms with Crippen LogP contribution in [-0.4, -0.2) is 29.5 Å². The summed E-state index contributed by atoms with van der Waals surface area (Å²) in [6.07, 6.45) is -0.00816. The zero-order chi connectivity index (χ0) is 24.2. The van der Waals surface area contributed by atoms with E-state index in [2.05, 4.69) is 15.7 Å². The number of benzene rings is 3. The third-order valence-electron chi connectivity index (χ3n) is 5.45. The molecule has 0 fully saturated rings. The molecule has 1 unspecified atom stereocenters. The van der Waals surface area contributed by atoms with Gasteiger partial charge in [-0.15, -0.1) is 0 Å². The highest BCUT2D eigenvalue weighted by molar-refractivity contribution is 6.44. The van der Waals surface area contributed by atoms with Gasteiger partial charge in [-0.1, -0.05) is 24.3 Å².